The number of aryl methyl sites for hydroxylation is 1. The maximum absolute atomic E-state index is 4.87. The van der Waals surface area contributed by atoms with E-state index in [4.69, 9.17) is 9.97 Å². The number of hydrogen-bond donors (Lipinski definition) is 1. The molecule has 0 spiro atoms. The molecule has 0 bridgehead atoms. The highest BCUT2D eigenvalue weighted by molar-refractivity contribution is 5.48. The van der Waals surface area contributed by atoms with Crippen molar-refractivity contribution in [2.75, 3.05) is 11.9 Å². The summed E-state index contributed by atoms with van der Waals surface area (Å²) in [4.78, 5) is 9.71. The number of anilines is 1. The lowest BCUT2D eigenvalue weighted by atomic mass is 9.82. The van der Waals surface area contributed by atoms with Crippen molar-refractivity contribution in [3.05, 3.63) is 17.1 Å². The zero-order valence-electron chi connectivity index (χ0n) is 13.7. The van der Waals surface area contributed by atoms with Crippen molar-refractivity contribution >= 4 is 5.82 Å². The second-order valence-electron chi connectivity index (χ2n) is 6.57. The molecule has 0 atom stereocenters. The molecule has 20 heavy (non-hydrogen) atoms. The highest BCUT2D eigenvalue weighted by Gasteiger charge is 2.24. The van der Waals surface area contributed by atoms with Gasteiger partial charge in [-0.2, -0.15) is 0 Å². The molecule has 0 aromatic carbocycles. The van der Waals surface area contributed by atoms with Crippen LogP contribution in [0.5, 0.6) is 0 Å². The molecule has 1 saturated carbocycles. The first-order valence-electron chi connectivity index (χ1n) is 8.15. The van der Waals surface area contributed by atoms with Gasteiger partial charge < -0.3 is 5.32 Å². The SMILES string of the molecule is CCNc1nc(C2CCC(C)CC2)nc(C)c1C(C)C. The minimum absolute atomic E-state index is 0.462. The maximum Gasteiger partial charge on any atom is 0.134 e. The van der Waals surface area contributed by atoms with Crippen LogP contribution in [0.2, 0.25) is 0 Å². The number of nitrogens with zero attached hydrogens (tertiary/aromatic N) is 2. The third-order valence-electron chi connectivity index (χ3n) is 4.46. The minimum Gasteiger partial charge on any atom is -0.370 e. The predicted molar refractivity (Wildman–Crippen MR) is 85.4 cm³/mol. The lowest BCUT2D eigenvalue weighted by molar-refractivity contribution is 0.339. The summed E-state index contributed by atoms with van der Waals surface area (Å²) in [5.74, 6) is 4.02. The van der Waals surface area contributed by atoms with E-state index in [0.29, 0.717) is 11.8 Å². The summed E-state index contributed by atoms with van der Waals surface area (Å²) in [5.41, 5.74) is 2.43. The Bertz CT molecular complexity index is 446. The van der Waals surface area contributed by atoms with Crippen LogP contribution in [0.1, 0.15) is 82.3 Å². The lowest BCUT2D eigenvalue weighted by Crippen LogP contribution is -2.17. The van der Waals surface area contributed by atoms with E-state index < -0.39 is 0 Å². The van der Waals surface area contributed by atoms with Crippen molar-refractivity contribution in [3.63, 3.8) is 0 Å². The second kappa shape index (κ2) is 6.55. The predicted octanol–water partition coefficient (Wildman–Crippen LogP) is 4.63. The zero-order chi connectivity index (χ0) is 14.7. The molecule has 1 heterocycles. The molecule has 1 N–H and O–H groups in total. The molecule has 0 saturated heterocycles. The average Bonchev–Trinajstić information content (AvgIpc) is 2.38. The van der Waals surface area contributed by atoms with Gasteiger partial charge in [-0.1, -0.05) is 33.6 Å². The quantitative estimate of drug-likeness (QED) is 0.870. The molecule has 0 amide bonds. The molecular formula is C17H29N3. The third-order valence-corrected chi connectivity index (χ3v) is 4.46. The number of nitrogens with one attached hydrogen (secondary N) is 1. The Hall–Kier alpha value is -1.12. The zero-order valence-corrected chi connectivity index (χ0v) is 13.7. The molecule has 1 aliphatic carbocycles. The molecule has 1 aromatic heterocycles. The fourth-order valence-electron chi connectivity index (χ4n) is 3.30. The number of rotatable bonds is 4. The van der Waals surface area contributed by atoms with Crippen molar-refractivity contribution in [1.82, 2.24) is 9.97 Å². The van der Waals surface area contributed by atoms with Crippen LogP contribution in [-0.2, 0) is 0 Å². The first-order valence-corrected chi connectivity index (χ1v) is 8.15. The summed E-state index contributed by atoms with van der Waals surface area (Å²) >= 11 is 0. The van der Waals surface area contributed by atoms with Gasteiger partial charge in [-0.3, -0.25) is 0 Å². The van der Waals surface area contributed by atoms with E-state index >= 15 is 0 Å². The van der Waals surface area contributed by atoms with Gasteiger partial charge in [0, 0.05) is 23.7 Å². The molecule has 1 fully saturated rings. The van der Waals surface area contributed by atoms with Gasteiger partial charge in [-0.25, -0.2) is 9.97 Å². The standard InChI is InChI=1S/C17H29N3/c1-6-18-17-15(11(2)3)13(5)19-16(20-17)14-9-7-12(4)8-10-14/h11-12,14H,6-10H2,1-5H3,(H,18,19,20). The van der Waals surface area contributed by atoms with E-state index in [2.05, 4.69) is 39.9 Å². The van der Waals surface area contributed by atoms with Crippen LogP contribution in [0.4, 0.5) is 5.82 Å². The molecule has 2 rings (SSSR count). The first kappa shape index (κ1) is 15.3. The summed E-state index contributed by atoms with van der Waals surface area (Å²) in [6, 6.07) is 0. The number of aromatic nitrogens is 2. The second-order valence-corrected chi connectivity index (χ2v) is 6.57. The normalized spacial score (nSPS) is 23.1. The van der Waals surface area contributed by atoms with E-state index in [0.717, 1.165) is 29.8 Å². The van der Waals surface area contributed by atoms with Crippen molar-refractivity contribution in [2.45, 2.75) is 72.1 Å². The Kier molecular flexibility index (Phi) is 5.00. The summed E-state index contributed by atoms with van der Waals surface area (Å²) in [5, 5.41) is 3.44. The van der Waals surface area contributed by atoms with Gasteiger partial charge in [0.05, 0.1) is 0 Å². The van der Waals surface area contributed by atoms with Crippen LogP contribution < -0.4 is 5.32 Å². The highest BCUT2D eigenvalue weighted by atomic mass is 15.0. The van der Waals surface area contributed by atoms with Crippen molar-refractivity contribution < 1.29 is 0 Å². The van der Waals surface area contributed by atoms with Crippen LogP contribution in [0.3, 0.4) is 0 Å². The largest absolute Gasteiger partial charge is 0.370 e. The fourth-order valence-corrected chi connectivity index (χ4v) is 3.30. The summed E-state index contributed by atoms with van der Waals surface area (Å²) in [7, 11) is 0. The maximum atomic E-state index is 4.87. The Morgan fingerprint density at radius 1 is 1.15 bits per heavy atom. The smallest absolute Gasteiger partial charge is 0.134 e. The van der Waals surface area contributed by atoms with E-state index in [1.165, 1.54) is 31.2 Å². The van der Waals surface area contributed by atoms with Crippen LogP contribution >= 0.6 is 0 Å². The van der Waals surface area contributed by atoms with E-state index in [9.17, 15) is 0 Å². The van der Waals surface area contributed by atoms with Gasteiger partial charge in [0.25, 0.3) is 0 Å². The first-order chi connectivity index (χ1) is 9.52. The van der Waals surface area contributed by atoms with Gasteiger partial charge in [0.2, 0.25) is 0 Å². The lowest BCUT2D eigenvalue weighted by Gasteiger charge is -2.26. The van der Waals surface area contributed by atoms with Gasteiger partial charge in [-0.05, 0) is 38.5 Å². The summed E-state index contributed by atoms with van der Waals surface area (Å²) in [6.07, 6.45) is 5.12. The van der Waals surface area contributed by atoms with Gasteiger partial charge in [0.1, 0.15) is 11.6 Å². The monoisotopic (exact) mass is 275 g/mol. The molecule has 0 radical (unpaired) electrons. The van der Waals surface area contributed by atoms with Crippen LogP contribution in [0.25, 0.3) is 0 Å². The Morgan fingerprint density at radius 3 is 2.35 bits per heavy atom. The summed E-state index contributed by atoms with van der Waals surface area (Å²) in [6.45, 7) is 12.0. The summed E-state index contributed by atoms with van der Waals surface area (Å²) < 4.78 is 0. The van der Waals surface area contributed by atoms with Crippen molar-refractivity contribution in [1.29, 1.82) is 0 Å². The number of hydrogen-bond acceptors (Lipinski definition) is 3. The fraction of sp³-hybridized carbons (Fsp3) is 0.765. The molecule has 3 heteroatoms. The molecule has 112 valence electrons. The molecular weight excluding hydrogens is 246 g/mol. The van der Waals surface area contributed by atoms with Crippen LogP contribution in [0, 0.1) is 12.8 Å². The molecule has 3 nitrogen and oxygen atoms in total. The van der Waals surface area contributed by atoms with Crippen molar-refractivity contribution in [2.24, 2.45) is 5.92 Å². The van der Waals surface area contributed by atoms with Crippen molar-refractivity contribution in [3.8, 4) is 0 Å². The van der Waals surface area contributed by atoms with Gasteiger partial charge in [-0.15, -0.1) is 0 Å². The van der Waals surface area contributed by atoms with E-state index in [1.807, 2.05) is 0 Å². The minimum atomic E-state index is 0.462. The van der Waals surface area contributed by atoms with Gasteiger partial charge >= 0.3 is 0 Å². The Balaban J connectivity index is 2.30. The van der Waals surface area contributed by atoms with Crippen LogP contribution in [0.15, 0.2) is 0 Å². The molecule has 1 aliphatic rings. The molecule has 0 unspecified atom stereocenters. The van der Waals surface area contributed by atoms with E-state index in [1.54, 1.807) is 0 Å². The van der Waals surface area contributed by atoms with Gasteiger partial charge in [0.15, 0.2) is 0 Å². The van der Waals surface area contributed by atoms with Crippen LogP contribution in [-0.4, -0.2) is 16.5 Å². The third kappa shape index (κ3) is 3.31. The highest BCUT2D eigenvalue weighted by Crippen LogP contribution is 2.35. The average molecular weight is 275 g/mol. The Labute approximate surface area is 123 Å². The molecule has 0 aliphatic heterocycles. The topological polar surface area (TPSA) is 37.8 Å². The Morgan fingerprint density at radius 2 is 1.80 bits per heavy atom. The molecule has 1 aromatic rings. The van der Waals surface area contributed by atoms with E-state index in [-0.39, 0.29) is 0 Å².